The summed E-state index contributed by atoms with van der Waals surface area (Å²) < 4.78 is 1.86. The quantitative estimate of drug-likeness (QED) is 0.693. The van der Waals surface area contributed by atoms with E-state index in [0.717, 1.165) is 48.0 Å². The van der Waals surface area contributed by atoms with Crippen LogP contribution in [0.1, 0.15) is 30.7 Å². The molecule has 0 saturated heterocycles. The Labute approximate surface area is 153 Å². The molecule has 0 spiro atoms. The van der Waals surface area contributed by atoms with Gasteiger partial charge in [0.05, 0.1) is 11.9 Å². The molecule has 0 amide bonds. The van der Waals surface area contributed by atoms with E-state index in [1.54, 1.807) is 6.33 Å². The van der Waals surface area contributed by atoms with Gasteiger partial charge in [-0.15, -0.1) is 0 Å². The van der Waals surface area contributed by atoms with Crippen LogP contribution in [-0.4, -0.2) is 26.3 Å². The van der Waals surface area contributed by atoms with Crippen molar-refractivity contribution in [2.45, 2.75) is 33.1 Å². The number of aromatic nitrogens is 4. The van der Waals surface area contributed by atoms with Crippen LogP contribution < -0.4 is 5.32 Å². The summed E-state index contributed by atoms with van der Waals surface area (Å²) in [5, 5.41) is 8.59. The van der Waals surface area contributed by atoms with Gasteiger partial charge in [-0.2, -0.15) is 5.10 Å². The van der Waals surface area contributed by atoms with Crippen molar-refractivity contribution in [2.24, 2.45) is 0 Å². The summed E-state index contributed by atoms with van der Waals surface area (Å²) in [5.74, 6) is 0.944. The van der Waals surface area contributed by atoms with E-state index in [0.29, 0.717) is 0 Å². The highest BCUT2D eigenvalue weighted by molar-refractivity contribution is 6.30. The number of hydrogen-bond acceptors (Lipinski definition) is 4. The Balaban J connectivity index is 1.63. The van der Waals surface area contributed by atoms with E-state index in [4.69, 9.17) is 11.6 Å². The summed E-state index contributed by atoms with van der Waals surface area (Å²) in [6.45, 7) is 5.06. The molecule has 0 saturated carbocycles. The molecule has 6 heteroatoms. The Morgan fingerprint density at radius 2 is 1.88 bits per heavy atom. The van der Waals surface area contributed by atoms with Gasteiger partial charge in [0.25, 0.3) is 0 Å². The first-order chi connectivity index (χ1) is 12.2. The molecule has 1 N–H and O–H groups in total. The summed E-state index contributed by atoms with van der Waals surface area (Å²) in [6, 6.07) is 7.65. The van der Waals surface area contributed by atoms with Gasteiger partial charge in [-0.05, 0) is 49.1 Å². The second kappa shape index (κ2) is 8.12. The largest absolute Gasteiger partial charge is 0.369 e. The number of rotatable bonds is 7. The van der Waals surface area contributed by atoms with Crippen molar-refractivity contribution in [1.82, 2.24) is 19.7 Å². The molecule has 3 aromatic rings. The summed E-state index contributed by atoms with van der Waals surface area (Å²) in [5.41, 5.74) is 4.50. The molecule has 2 heterocycles. The van der Waals surface area contributed by atoms with Crippen LogP contribution in [0.4, 0.5) is 5.82 Å². The van der Waals surface area contributed by atoms with E-state index in [2.05, 4.69) is 34.2 Å². The van der Waals surface area contributed by atoms with E-state index < -0.39 is 0 Å². The fourth-order valence-electron chi connectivity index (χ4n) is 2.83. The number of halogens is 1. The summed E-state index contributed by atoms with van der Waals surface area (Å²) in [4.78, 5) is 8.76. The lowest BCUT2D eigenvalue weighted by molar-refractivity contribution is 0.879. The van der Waals surface area contributed by atoms with Crippen LogP contribution >= 0.6 is 11.6 Å². The Hall–Kier alpha value is -2.40. The zero-order valence-corrected chi connectivity index (χ0v) is 15.3. The number of aryl methyl sites for hydroxylation is 1. The fraction of sp³-hybridized carbons (Fsp3) is 0.316. The summed E-state index contributed by atoms with van der Waals surface area (Å²) >= 11 is 5.93. The molecule has 0 fully saturated rings. The standard InChI is InChI=1S/C19H22ClN5/c1-3-17-18(4-2)22-13-23-19(17)21-10-9-14-11-24-25(12-14)16-7-5-15(20)6-8-16/h5-8,11-13H,3-4,9-10H2,1-2H3,(H,21,22,23). The molecule has 2 aromatic heterocycles. The smallest absolute Gasteiger partial charge is 0.132 e. The first kappa shape index (κ1) is 17.4. The van der Waals surface area contributed by atoms with Crippen molar-refractivity contribution in [3.63, 3.8) is 0 Å². The number of anilines is 1. The summed E-state index contributed by atoms with van der Waals surface area (Å²) in [6.07, 6.45) is 8.31. The third-order valence-corrected chi connectivity index (χ3v) is 4.41. The minimum absolute atomic E-state index is 0.725. The third-order valence-electron chi connectivity index (χ3n) is 4.16. The van der Waals surface area contributed by atoms with Gasteiger partial charge in [-0.3, -0.25) is 0 Å². The first-order valence-corrected chi connectivity index (χ1v) is 8.95. The molecule has 3 rings (SSSR count). The summed E-state index contributed by atoms with van der Waals surface area (Å²) in [7, 11) is 0. The molecular formula is C19H22ClN5. The van der Waals surface area contributed by atoms with Gasteiger partial charge in [0, 0.05) is 29.0 Å². The van der Waals surface area contributed by atoms with Crippen LogP contribution in [-0.2, 0) is 19.3 Å². The number of nitrogens with one attached hydrogen (secondary N) is 1. The van der Waals surface area contributed by atoms with Gasteiger partial charge in [-0.1, -0.05) is 25.4 Å². The van der Waals surface area contributed by atoms with Crippen LogP contribution in [0, 0.1) is 0 Å². The molecule has 5 nitrogen and oxygen atoms in total. The van der Waals surface area contributed by atoms with Gasteiger partial charge < -0.3 is 5.32 Å². The molecule has 0 bridgehead atoms. The maximum Gasteiger partial charge on any atom is 0.132 e. The number of benzene rings is 1. The molecule has 25 heavy (non-hydrogen) atoms. The van der Waals surface area contributed by atoms with Crippen molar-refractivity contribution in [1.29, 1.82) is 0 Å². The average molecular weight is 356 g/mol. The van der Waals surface area contributed by atoms with Gasteiger partial charge in [-0.25, -0.2) is 14.6 Å². The minimum Gasteiger partial charge on any atom is -0.369 e. The van der Waals surface area contributed by atoms with Crippen LogP contribution in [0.3, 0.4) is 0 Å². The maximum atomic E-state index is 5.93. The second-order valence-electron chi connectivity index (χ2n) is 5.80. The monoisotopic (exact) mass is 355 g/mol. The molecule has 130 valence electrons. The average Bonchev–Trinajstić information content (AvgIpc) is 3.11. The second-order valence-corrected chi connectivity index (χ2v) is 6.24. The van der Waals surface area contributed by atoms with E-state index in [1.165, 1.54) is 11.1 Å². The third kappa shape index (κ3) is 4.17. The van der Waals surface area contributed by atoms with Crippen molar-refractivity contribution in [2.75, 3.05) is 11.9 Å². The molecule has 1 aromatic carbocycles. The lowest BCUT2D eigenvalue weighted by atomic mass is 10.1. The topological polar surface area (TPSA) is 55.6 Å². The Bertz CT molecular complexity index is 826. The van der Waals surface area contributed by atoms with Gasteiger partial charge in [0.15, 0.2) is 0 Å². The molecular weight excluding hydrogens is 334 g/mol. The van der Waals surface area contributed by atoms with E-state index in [-0.39, 0.29) is 0 Å². The predicted molar refractivity (Wildman–Crippen MR) is 102 cm³/mol. The molecule has 0 aliphatic carbocycles. The molecule has 0 radical (unpaired) electrons. The molecule has 0 unspecified atom stereocenters. The Morgan fingerprint density at radius 3 is 2.60 bits per heavy atom. The van der Waals surface area contributed by atoms with Crippen molar-refractivity contribution >= 4 is 17.4 Å². The van der Waals surface area contributed by atoms with E-state index in [9.17, 15) is 0 Å². The predicted octanol–water partition coefficient (Wildman–Crippen LogP) is 4.10. The Kier molecular flexibility index (Phi) is 5.66. The van der Waals surface area contributed by atoms with E-state index in [1.807, 2.05) is 41.3 Å². The van der Waals surface area contributed by atoms with Gasteiger partial charge in [0.1, 0.15) is 12.1 Å². The highest BCUT2D eigenvalue weighted by Gasteiger charge is 2.08. The lowest BCUT2D eigenvalue weighted by Gasteiger charge is -2.11. The molecule has 0 aliphatic heterocycles. The molecule has 0 aliphatic rings. The molecule has 0 atom stereocenters. The van der Waals surface area contributed by atoms with Crippen molar-refractivity contribution < 1.29 is 0 Å². The van der Waals surface area contributed by atoms with Gasteiger partial charge in [0.2, 0.25) is 0 Å². The highest BCUT2D eigenvalue weighted by atomic mass is 35.5. The van der Waals surface area contributed by atoms with Crippen LogP contribution in [0.15, 0.2) is 43.0 Å². The fourth-order valence-corrected chi connectivity index (χ4v) is 2.95. The zero-order chi connectivity index (χ0) is 17.6. The zero-order valence-electron chi connectivity index (χ0n) is 14.5. The number of nitrogens with zero attached hydrogens (tertiary/aromatic N) is 4. The van der Waals surface area contributed by atoms with Crippen LogP contribution in [0.2, 0.25) is 5.02 Å². The first-order valence-electron chi connectivity index (χ1n) is 8.57. The van der Waals surface area contributed by atoms with Crippen molar-refractivity contribution in [3.05, 3.63) is 64.8 Å². The van der Waals surface area contributed by atoms with Crippen LogP contribution in [0.25, 0.3) is 5.69 Å². The SMILES string of the molecule is CCc1ncnc(NCCc2cnn(-c3ccc(Cl)cc3)c2)c1CC. The lowest BCUT2D eigenvalue weighted by Crippen LogP contribution is -2.10. The minimum atomic E-state index is 0.725. The maximum absolute atomic E-state index is 5.93. The van der Waals surface area contributed by atoms with E-state index >= 15 is 0 Å². The number of hydrogen-bond donors (Lipinski definition) is 1. The Morgan fingerprint density at radius 1 is 1.08 bits per heavy atom. The van der Waals surface area contributed by atoms with Gasteiger partial charge >= 0.3 is 0 Å². The van der Waals surface area contributed by atoms with Crippen molar-refractivity contribution in [3.8, 4) is 5.69 Å². The highest BCUT2D eigenvalue weighted by Crippen LogP contribution is 2.17. The van der Waals surface area contributed by atoms with Crippen LogP contribution in [0.5, 0.6) is 0 Å². The normalized spacial score (nSPS) is 10.8.